The molecule has 1 aliphatic heterocycles. The molecule has 6 heteroatoms. The minimum absolute atomic E-state index is 0.0655. The predicted molar refractivity (Wildman–Crippen MR) is 87.1 cm³/mol. The van der Waals surface area contributed by atoms with Crippen LogP contribution in [-0.4, -0.2) is 58.0 Å². The topological polar surface area (TPSA) is 70.4 Å². The van der Waals surface area contributed by atoms with Gasteiger partial charge >= 0.3 is 0 Å². The molecule has 1 aliphatic rings. The first-order valence-corrected chi connectivity index (χ1v) is 7.84. The van der Waals surface area contributed by atoms with Crippen LogP contribution in [-0.2, 0) is 6.54 Å². The van der Waals surface area contributed by atoms with Crippen molar-refractivity contribution in [2.45, 2.75) is 25.0 Å². The molecule has 1 fully saturated rings. The highest BCUT2D eigenvalue weighted by atomic mass is 16.3. The van der Waals surface area contributed by atoms with Crippen LogP contribution >= 0.6 is 0 Å². The fraction of sp³-hybridized carbons (Fsp3) is 0.412. The number of nitrogens with zero attached hydrogens (tertiary/aromatic N) is 3. The second-order valence-corrected chi connectivity index (χ2v) is 6.09. The standard InChI is InChI=1S/C17H22N4O2/c1-20-11-15(9-16(20)12-22)19-17(23)14-5-2-4-13(8-14)10-21-7-3-6-18-21/h2-8,15-16,22H,9-12H2,1H3,(H,19,23)/t15-,16+/m1/s1. The largest absolute Gasteiger partial charge is 0.395 e. The van der Waals surface area contributed by atoms with Crippen molar-refractivity contribution in [2.24, 2.45) is 0 Å². The number of rotatable bonds is 5. The SMILES string of the molecule is CN1C[C@H](NC(=O)c2cccc(Cn3cccn3)c2)C[C@H]1CO. The summed E-state index contributed by atoms with van der Waals surface area (Å²) in [6.45, 7) is 1.54. The zero-order valence-electron chi connectivity index (χ0n) is 13.2. The Bertz CT molecular complexity index is 656. The van der Waals surface area contributed by atoms with Crippen LogP contribution in [0.4, 0.5) is 0 Å². The average molecular weight is 314 g/mol. The Labute approximate surface area is 135 Å². The summed E-state index contributed by atoms with van der Waals surface area (Å²) in [6.07, 6.45) is 4.42. The number of aliphatic hydroxyl groups is 1. The molecule has 2 N–H and O–H groups in total. The van der Waals surface area contributed by atoms with Crippen molar-refractivity contribution in [1.29, 1.82) is 0 Å². The first-order valence-electron chi connectivity index (χ1n) is 7.84. The second-order valence-electron chi connectivity index (χ2n) is 6.09. The van der Waals surface area contributed by atoms with E-state index in [0.29, 0.717) is 12.1 Å². The molecule has 0 bridgehead atoms. The average Bonchev–Trinajstić information content (AvgIpc) is 3.17. The van der Waals surface area contributed by atoms with Crippen LogP contribution in [0.5, 0.6) is 0 Å². The Morgan fingerprint density at radius 2 is 2.30 bits per heavy atom. The van der Waals surface area contributed by atoms with Gasteiger partial charge in [-0.25, -0.2) is 0 Å². The number of hydrogen-bond acceptors (Lipinski definition) is 4. The van der Waals surface area contributed by atoms with Gasteiger partial charge in [-0.3, -0.25) is 14.4 Å². The van der Waals surface area contributed by atoms with Crippen LogP contribution < -0.4 is 5.32 Å². The molecule has 1 saturated heterocycles. The van der Waals surface area contributed by atoms with Gasteiger partial charge in [-0.15, -0.1) is 0 Å². The van der Waals surface area contributed by atoms with Gasteiger partial charge in [0, 0.05) is 36.6 Å². The lowest BCUT2D eigenvalue weighted by atomic mass is 10.1. The van der Waals surface area contributed by atoms with Crippen molar-refractivity contribution in [3.8, 4) is 0 Å². The molecular weight excluding hydrogens is 292 g/mol. The monoisotopic (exact) mass is 314 g/mol. The lowest BCUT2D eigenvalue weighted by Gasteiger charge is -2.15. The fourth-order valence-corrected chi connectivity index (χ4v) is 3.06. The molecular formula is C17H22N4O2. The summed E-state index contributed by atoms with van der Waals surface area (Å²) in [5.41, 5.74) is 1.70. The third-order valence-electron chi connectivity index (χ3n) is 4.33. The van der Waals surface area contributed by atoms with Gasteiger partial charge < -0.3 is 10.4 Å². The summed E-state index contributed by atoms with van der Waals surface area (Å²) in [5, 5.41) is 16.5. The van der Waals surface area contributed by atoms with E-state index in [0.717, 1.165) is 18.5 Å². The second kappa shape index (κ2) is 6.93. The number of carbonyl (C=O) groups is 1. The van der Waals surface area contributed by atoms with E-state index in [9.17, 15) is 9.90 Å². The summed E-state index contributed by atoms with van der Waals surface area (Å²) in [6, 6.07) is 9.70. The predicted octanol–water partition coefficient (Wildman–Crippen LogP) is 0.726. The highest BCUT2D eigenvalue weighted by Crippen LogP contribution is 2.16. The molecule has 122 valence electrons. The number of likely N-dealkylation sites (tertiary alicyclic amines) is 1. The van der Waals surface area contributed by atoms with E-state index in [-0.39, 0.29) is 24.6 Å². The van der Waals surface area contributed by atoms with Gasteiger partial charge in [0.2, 0.25) is 0 Å². The maximum atomic E-state index is 12.4. The summed E-state index contributed by atoms with van der Waals surface area (Å²) >= 11 is 0. The third-order valence-corrected chi connectivity index (χ3v) is 4.33. The molecule has 2 atom stereocenters. The van der Waals surface area contributed by atoms with Crippen molar-refractivity contribution in [2.75, 3.05) is 20.2 Å². The number of carbonyl (C=O) groups excluding carboxylic acids is 1. The lowest BCUT2D eigenvalue weighted by Crippen LogP contribution is -2.36. The molecule has 1 amide bonds. The van der Waals surface area contributed by atoms with E-state index in [1.165, 1.54) is 0 Å². The van der Waals surface area contributed by atoms with Gasteiger partial charge in [-0.1, -0.05) is 12.1 Å². The Morgan fingerprint density at radius 3 is 3.00 bits per heavy atom. The maximum absolute atomic E-state index is 12.4. The van der Waals surface area contributed by atoms with Crippen LogP contribution in [0.1, 0.15) is 22.3 Å². The number of aromatic nitrogens is 2. The van der Waals surface area contributed by atoms with Crippen molar-refractivity contribution in [3.63, 3.8) is 0 Å². The van der Waals surface area contributed by atoms with Crippen LogP contribution in [0, 0.1) is 0 Å². The molecule has 2 aromatic rings. The normalized spacial score (nSPS) is 21.5. The van der Waals surface area contributed by atoms with Gasteiger partial charge in [0.25, 0.3) is 5.91 Å². The van der Waals surface area contributed by atoms with Gasteiger partial charge in [0.15, 0.2) is 0 Å². The smallest absolute Gasteiger partial charge is 0.251 e. The van der Waals surface area contributed by atoms with Crippen molar-refractivity contribution in [1.82, 2.24) is 20.0 Å². The van der Waals surface area contributed by atoms with E-state index in [4.69, 9.17) is 0 Å². The number of benzene rings is 1. The number of hydrogen-bond donors (Lipinski definition) is 2. The van der Waals surface area contributed by atoms with E-state index >= 15 is 0 Å². The van der Waals surface area contributed by atoms with E-state index in [2.05, 4.69) is 15.3 Å². The zero-order valence-corrected chi connectivity index (χ0v) is 13.2. The first-order chi connectivity index (χ1) is 11.2. The van der Waals surface area contributed by atoms with Crippen molar-refractivity contribution in [3.05, 3.63) is 53.9 Å². The summed E-state index contributed by atoms with van der Waals surface area (Å²) in [4.78, 5) is 14.5. The van der Waals surface area contributed by atoms with Crippen molar-refractivity contribution < 1.29 is 9.90 Å². The molecule has 0 spiro atoms. The van der Waals surface area contributed by atoms with Crippen LogP contribution in [0.25, 0.3) is 0 Å². The van der Waals surface area contributed by atoms with Gasteiger partial charge in [0.05, 0.1) is 13.2 Å². The number of likely N-dealkylation sites (N-methyl/N-ethyl adjacent to an activating group) is 1. The Balaban J connectivity index is 1.63. The highest BCUT2D eigenvalue weighted by Gasteiger charge is 2.29. The minimum Gasteiger partial charge on any atom is -0.395 e. The number of aliphatic hydroxyl groups excluding tert-OH is 1. The molecule has 0 unspecified atom stereocenters. The molecule has 23 heavy (non-hydrogen) atoms. The van der Waals surface area contributed by atoms with Crippen molar-refractivity contribution >= 4 is 5.91 Å². The molecule has 1 aromatic heterocycles. The van der Waals surface area contributed by atoms with Gasteiger partial charge in [-0.05, 0) is 37.2 Å². The molecule has 0 radical (unpaired) electrons. The Kier molecular flexibility index (Phi) is 4.73. The third kappa shape index (κ3) is 3.78. The first kappa shape index (κ1) is 15.7. The highest BCUT2D eigenvalue weighted by molar-refractivity contribution is 5.94. The van der Waals surface area contributed by atoms with Gasteiger partial charge in [0.1, 0.15) is 0 Å². The zero-order chi connectivity index (χ0) is 16.2. The van der Waals surface area contributed by atoms with E-state index in [1.807, 2.05) is 48.3 Å². The van der Waals surface area contributed by atoms with E-state index in [1.54, 1.807) is 6.20 Å². The summed E-state index contributed by atoms with van der Waals surface area (Å²) in [7, 11) is 1.97. The number of amides is 1. The Hall–Kier alpha value is -2.18. The van der Waals surface area contributed by atoms with Gasteiger partial charge in [-0.2, -0.15) is 5.10 Å². The quantitative estimate of drug-likeness (QED) is 0.853. The number of nitrogens with one attached hydrogen (secondary N) is 1. The molecule has 0 aliphatic carbocycles. The lowest BCUT2D eigenvalue weighted by molar-refractivity contribution is 0.0938. The minimum atomic E-state index is -0.0655. The summed E-state index contributed by atoms with van der Waals surface area (Å²) in [5.74, 6) is -0.0655. The summed E-state index contributed by atoms with van der Waals surface area (Å²) < 4.78 is 1.83. The Morgan fingerprint density at radius 1 is 1.43 bits per heavy atom. The maximum Gasteiger partial charge on any atom is 0.251 e. The molecule has 1 aromatic carbocycles. The fourth-order valence-electron chi connectivity index (χ4n) is 3.06. The van der Waals surface area contributed by atoms with Crippen LogP contribution in [0.2, 0.25) is 0 Å². The molecule has 0 saturated carbocycles. The molecule has 6 nitrogen and oxygen atoms in total. The van der Waals surface area contributed by atoms with Crippen LogP contribution in [0.3, 0.4) is 0 Å². The van der Waals surface area contributed by atoms with E-state index < -0.39 is 0 Å². The molecule has 2 heterocycles. The van der Waals surface area contributed by atoms with Crippen LogP contribution in [0.15, 0.2) is 42.7 Å². The molecule has 3 rings (SSSR count).